The third kappa shape index (κ3) is 2.70. The van der Waals surface area contributed by atoms with Crippen LogP contribution in [0.2, 0.25) is 5.02 Å². The second-order valence-electron chi connectivity index (χ2n) is 4.13. The van der Waals surface area contributed by atoms with Gasteiger partial charge in [0.2, 0.25) is 0 Å². The molecule has 20 heavy (non-hydrogen) atoms. The fraction of sp³-hybridized carbons (Fsp3) is 0.133. The number of nitrogens with two attached hydrogens (primary N) is 1. The number of methoxy groups -OCH3 is 2. The van der Waals surface area contributed by atoms with Crippen molar-refractivity contribution in [2.75, 3.05) is 20.0 Å². The van der Waals surface area contributed by atoms with E-state index in [1.165, 1.54) is 14.2 Å². The number of carbonyl (C=O) groups is 1. The molecule has 0 radical (unpaired) electrons. The summed E-state index contributed by atoms with van der Waals surface area (Å²) in [5.74, 6) is 0.827. The first-order chi connectivity index (χ1) is 9.56. The van der Waals surface area contributed by atoms with E-state index in [1.54, 1.807) is 36.4 Å². The van der Waals surface area contributed by atoms with Crippen molar-refractivity contribution < 1.29 is 14.3 Å². The van der Waals surface area contributed by atoms with Crippen molar-refractivity contribution in [2.24, 2.45) is 0 Å². The molecule has 0 saturated heterocycles. The number of ether oxygens (including phenoxy) is 2. The summed E-state index contributed by atoms with van der Waals surface area (Å²) >= 11 is 5.90. The molecule has 0 saturated carbocycles. The molecule has 0 bridgehead atoms. The third-order valence-electron chi connectivity index (χ3n) is 2.91. The quantitative estimate of drug-likeness (QED) is 0.694. The minimum Gasteiger partial charge on any atom is -0.493 e. The van der Waals surface area contributed by atoms with E-state index in [2.05, 4.69) is 0 Å². The van der Waals surface area contributed by atoms with Gasteiger partial charge in [-0.15, -0.1) is 0 Å². The number of hydrogen-bond acceptors (Lipinski definition) is 4. The van der Waals surface area contributed by atoms with Crippen LogP contribution in [0.5, 0.6) is 11.5 Å². The SMILES string of the molecule is COc1ccc(C(=O)c2cc(Cl)ccc2N)cc1OC. The molecule has 4 nitrogen and oxygen atoms in total. The van der Waals surface area contributed by atoms with Crippen molar-refractivity contribution in [1.29, 1.82) is 0 Å². The Balaban J connectivity index is 2.45. The average molecular weight is 292 g/mol. The molecule has 0 fully saturated rings. The molecule has 2 N–H and O–H groups in total. The molecule has 104 valence electrons. The van der Waals surface area contributed by atoms with Gasteiger partial charge in [0.15, 0.2) is 17.3 Å². The van der Waals surface area contributed by atoms with Gasteiger partial charge in [-0.3, -0.25) is 4.79 Å². The van der Waals surface area contributed by atoms with Crippen LogP contribution in [0.15, 0.2) is 36.4 Å². The molecule has 0 aliphatic carbocycles. The molecular formula is C15H14ClNO3. The summed E-state index contributed by atoms with van der Waals surface area (Å²) in [6.07, 6.45) is 0. The van der Waals surface area contributed by atoms with Crippen LogP contribution in [-0.2, 0) is 0 Å². The zero-order valence-electron chi connectivity index (χ0n) is 11.1. The molecular weight excluding hydrogens is 278 g/mol. The highest BCUT2D eigenvalue weighted by molar-refractivity contribution is 6.31. The summed E-state index contributed by atoms with van der Waals surface area (Å²) in [5.41, 5.74) is 7.02. The summed E-state index contributed by atoms with van der Waals surface area (Å²) < 4.78 is 10.3. The Labute approximate surface area is 122 Å². The van der Waals surface area contributed by atoms with E-state index in [0.717, 1.165) is 0 Å². The van der Waals surface area contributed by atoms with Crippen LogP contribution in [0.3, 0.4) is 0 Å². The Morgan fingerprint density at radius 3 is 2.40 bits per heavy atom. The molecule has 0 amide bonds. The largest absolute Gasteiger partial charge is 0.493 e. The lowest BCUT2D eigenvalue weighted by atomic mass is 10.0. The van der Waals surface area contributed by atoms with Gasteiger partial charge in [-0.05, 0) is 36.4 Å². The van der Waals surface area contributed by atoms with Gasteiger partial charge < -0.3 is 15.2 Å². The van der Waals surface area contributed by atoms with E-state index in [1.807, 2.05) is 0 Å². The lowest BCUT2D eigenvalue weighted by Crippen LogP contribution is -2.06. The summed E-state index contributed by atoms with van der Waals surface area (Å²) in [6.45, 7) is 0. The van der Waals surface area contributed by atoms with E-state index in [4.69, 9.17) is 26.8 Å². The zero-order chi connectivity index (χ0) is 14.7. The Bertz CT molecular complexity index is 656. The van der Waals surface area contributed by atoms with Crippen molar-refractivity contribution >= 4 is 23.1 Å². The van der Waals surface area contributed by atoms with Crippen LogP contribution >= 0.6 is 11.6 Å². The number of halogens is 1. The summed E-state index contributed by atoms with van der Waals surface area (Å²) in [4.78, 5) is 12.5. The van der Waals surface area contributed by atoms with Gasteiger partial charge in [0, 0.05) is 21.8 Å². The van der Waals surface area contributed by atoms with Crippen molar-refractivity contribution in [1.82, 2.24) is 0 Å². The minimum absolute atomic E-state index is 0.217. The Kier molecular flexibility index (Phi) is 4.15. The smallest absolute Gasteiger partial charge is 0.195 e. The fourth-order valence-electron chi connectivity index (χ4n) is 1.86. The summed E-state index contributed by atoms with van der Waals surface area (Å²) in [6, 6.07) is 9.74. The number of carbonyl (C=O) groups excluding carboxylic acids is 1. The number of ketones is 1. The lowest BCUT2D eigenvalue weighted by Gasteiger charge is -2.10. The predicted molar refractivity (Wildman–Crippen MR) is 78.8 cm³/mol. The van der Waals surface area contributed by atoms with Gasteiger partial charge in [0.05, 0.1) is 14.2 Å². The number of anilines is 1. The average Bonchev–Trinajstić information content (AvgIpc) is 2.48. The van der Waals surface area contributed by atoms with Crippen LogP contribution in [-0.4, -0.2) is 20.0 Å². The van der Waals surface area contributed by atoms with E-state index < -0.39 is 0 Å². The van der Waals surface area contributed by atoms with Gasteiger partial charge in [0.25, 0.3) is 0 Å². The highest BCUT2D eigenvalue weighted by atomic mass is 35.5. The van der Waals surface area contributed by atoms with Crippen molar-refractivity contribution in [2.45, 2.75) is 0 Å². The zero-order valence-corrected chi connectivity index (χ0v) is 11.9. The maximum absolute atomic E-state index is 12.5. The maximum atomic E-state index is 12.5. The molecule has 2 aromatic carbocycles. The molecule has 0 heterocycles. The maximum Gasteiger partial charge on any atom is 0.195 e. The van der Waals surface area contributed by atoms with Gasteiger partial charge in [-0.2, -0.15) is 0 Å². The number of benzene rings is 2. The standard InChI is InChI=1S/C15H14ClNO3/c1-19-13-6-3-9(7-14(13)20-2)15(18)11-8-10(16)4-5-12(11)17/h3-8H,17H2,1-2H3. The number of nitrogen functional groups attached to an aromatic ring is 1. The molecule has 0 aliphatic heterocycles. The molecule has 2 aromatic rings. The monoisotopic (exact) mass is 291 g/mol. The first kappa shape index (κ1) is 14.2. The molecule has 0 atom stereocenters. The first-order valence-electron chi connectivity index (χ1n) is 5.88. The third-order valence-corrected chi connectivity index (χ3v) is 3.14. The number of hydrogen-bond donors (Lipinski definition) is 1. The second kappa shape index (κ2) is 5.84. The van der Waals surface area contributed by atoms with Gasteiger partial charge in [-0.1, -0.05) is 11.6 Å². The van der Waals surface area contributed by atoms with Crippen molar-refractivity contribution in [3.8, 4) is 11.5 Å². The highest BCUT2D eigenvalue weighted by Crippen LogP contribution is 2.29. The lowest BCUT2D eigenvalue weighted by molar-refractivity contribution is 0.103. The van der Waals surface area contributed by atoms with Gasteiger partial charge in [-0.25, -0.2) is 0 Å². The van der Waals surface area contributed by atoms with Gasteiger partial charge in [0.1, 0.15) is 0 Å². The molecule has 5 heteroatoms. The van der Waals surface area contributed by atoms with Crippen LogP contribution < -0.4 is 15.2 Å². The molecule has 0 aromatic heterocycles. The Hall–Kier alpha value is -2.20. The number of rotatable bonds is 4. The van der Waals surface area contributed by atoms with Crippen LogP contribution in [0.1, 0.15) is 15.9 Å². The summed E-state index contributed by atoms with van der Waals surface area (Å²) in [5, 5.41) is 0.461. The highest BCUT2D eigenvalue weighted by Gasteiger charge is 2.15. The normalized spacial score (nSPS) is 10.2. The van der Waals surface area contributed by atoms with E-state index in [0.29, 0.717) is 33.3 Å². The molecule has 2 rings (SSSR count). The predicted octanol–water partition coefficient (Wildman–Crippen LogP) is 3.17. The molecule has 0 aliphatic rings. The molecule has 0 unspecified atom stereocenters. The van der Waals surface area contributed by atoms with Crippen LogP contribution in [0.25, 0.3) is 0 Å². The van der Waals surface area contributed by atoms with E-state index in [9.17, 15) is 4.79 Å². The van der Waals surface area contributed by atoms with Crippen molar-refractivity contribution in [3.05, 3.63) is 52.5 Å². The Morgan fingerprint density at radius 2 is 1.75 bits per heavy atom. The summed E-state index contributed by atoms with van der Waals surface area (Å²) in [7, 11) is 3.05. The topological polar surface area (TPSA) is 61.5 Å². The second-order valence-corrected chi connectivity index (χ2v) is 4.57. The fourth-order valence-corrected chi connectivity index (χ4v) is 2.03. The van der Waals surface area contributed by atoms with Crippen LogP contribution in [0, 0.1) is 0 Å². The minimum atomic E-state index is -0.217. The van der Waals surface area contributed by atoms with E-state index in [-0.39, 0.29) is 5.78 Å². The first-order valence-corrected chi connectivity index (χ1v) is 6.26. The Morgan fingerprint density at radius 1 is 1.05 bits per heavy atom. The van der Waals surface area contributed by atoms with Gasteiger partial charge >= 0.3 is 0 Å². The van der Waals surface area contributed by atoms with Crippen LogP contribution in [0.4, 0.5) is 5.69 Å². The molecule has 0 spiro atoms. The van der Waals surface area contributed by atoms with E-state index >= 15 is 0 Å². The van der Waals surface area contributed by atoms with Crippen molar-refractivity contribution in [3.63, 3.8) is 0 Å².